The van der Waals surface area contributed by atoms with Crippen LogP contribution in [0.5, 0.6) is 5.75 Å². The molecule has 0 aliphatic carbocycles. The van der Waals surface area contributed by atoms with Gasteiger partial charge in [-0.15, -0.1) is 0 Å². The number of ether oxygens (including phenoxy) is 3. The zero-order chi connectivity index (χ0) is 21.5. The van der Waals surface area contributed by atoms with Crippen molar-refractivity contribution in [3.8, 4) is 16.9 Å². The predicted octanol–water partition coefficient (Wildman–Crippen LogP) is 6.60. The summed E-state index contributed by atoms with van der Waals surface area (Å²) >= 11 is 0. The van der Waals surface area contributed by atoms with E-state index in [1.807, 2.05) is 6.92 Å². The van der Waals surface area contributed by atoms with Crippen molar-refractivity contribution < 1.29 is 27.4 Å². The maximum Gasteiger partial charge on any atom is 0.201 e. The Bertz CT molecular complexity index is 833. The second kappa shape index (κ2) is 10.8. The van der Waals surface area contributed by atoms with Gasteiger partial charge in [0.1, 0.15) is 5.82 Å². The van der Waals surface area contributed by atoms with Gasteiger partial charge in [0, 0.05) is 17.7 Å². The van der Waals surface area contributed by atoms with E-state index >= 15 is 0 Å². The number of rotatable bonds is 9. The third kappa shape index (κ3) is 5.35. The van der Waals surface area contributed by atoms with Crippen molar-refractivity contribution in [2.45, 2.75) is 58.2 Å². The standard InChI is InChI=1S/C24H29F3O3/c1-3-5-13-29-22-11-9-19(23(26)24(22)27)18-8-6-16(14-20(18)25)21-10-7-17(15-30-21)28-12-4-2/h6,8-9,11,14,17,21H,3-5,7,10,12-13,15H2,1-2H3. The first-order valence-electron chi connectivity index (χ1n) is 10.7. The van der Waals surface area contributed by atoms with Gasteiger partial charge in [0.05, 0.1) is 25.4 Å². The molecule has 1 aliphatic rings. The van der Waals surface area contributed by atoms with Crippen LogP contribution in [0.15, 0.2) is 30.3 Å². The molecule has 0 amide bonds. The van der Waals surface area contributed by atoms with Gasteiger partial charge in [0.2, 0.25) is 5.82 Å². The second-order valence-electron chi connectivity index (χ2n) is 7.57. The minimum Gasteiger partial charge on any atom is -0.490 e. The average molecular weight is 422 g/mol. The topological polar surface area (TPSA) is 27.7 Å². The number of hydrogen-bond donors (Lipinski definition) is 0. The van der Waals surface area contributed by atoms with Crippen LogP contribution in [0.3, 0.4) is 0 Å². The van der Waals surface area contributed by atoms with Crippen molar-refractivity contribution in [2.75, 3.05) is 19.8 Å². The van der Waals surface area contributed by atoms with Crippen LogP contribution in [0.2, 0.25) is 0 Å². The Hall–Kier alpha value is -2.05. The Balaban J connectivity index is 1.72. The van der Waals surface area contributed by atoms with E-state index in [1.54, 1.807) is 6.07 Å². The summed E-state index contributed by atoms with van der Waals surface area (Å²) in [6, 6.07) is 7.22. The molecule has 0 bridgehead atoms. The van der Waals surface area contributed by atoms with Crippen molar-refractivity contribution >= 4 is 0 Å². The fraction of sp³-hybridized carbons (Fsp3) is 0.500. The zero-order valence-corrected chi connectivity index (χ0v) is 17.6. The molecule has 164 valence electrons. The molecule has 2 unspecified atom stereocenters. The van der Waals surface area contributed by atoms with Gasteiger partial charge in [-0.05, 0) is 49.4 Å². The first-order chi connectivity index (χ1) is 14.5. The van der Waals surface area contributed by atoms with E-state index in [2.05, 4.69) is 6.92 Å². The molecular formula is C24H29F3O3. The van der Waals surface area contributed by atoms with E-state index in [1.165, 1.54) is 24.3 Å². The minimum absolute atomic E-state index is 0.00947. The molecule has 6 heteroatoms. The van der Waals surface area contributed by atoms with Gasteiger partial charge >= 0.3 is 0 Å². The number of hydrogen-bond acceptors (Lipinski definition) is 3. The number of benzene rings is 2. The molecule has 0 spiro atoms. The smallest absolute Gasteiger partial charge is 0.201 e. The summed E-state index contributed by atoms with van der Waals surface area (Å²) in [6.07, 6.45) is 3.99. The Morgan fingerprint density at radius 2 is 1.73 bits per heavy atom. The largest absolute Gasteiger partial charge is 0.490 e. The summed E-state index contributed by atoms with van der Waals surface area (Å²) in [5.41, 5.74) is 0.567. The molecule has 3 rings (SSSR count). The summed E-state index contributed by atoms with van der Waals surface area (Å²) in [4.78, 5) is 0. The van der Waals surface area contributed by atoms with Gasteiger partial charge in [-0.1, -0.05) is 32.4 Å². The highest BCUT2D eigenvalue weighted by molar-refractivity contribution is 5.66. The average Bonchev–Trinajstić information content (AvgIpc) is 2.76. The summed E-state index contributed by atoms with van der Waals surface area (Å²) in [5.74, 6) is -2.98. The highest BCUT2D eigenvalue weighted by atomic mass is 19.2. The van der Waals surface area contributed by atoms with Crippen LogP contribution in [0.1, 0.15) is 57.6 Å². The normalized spacial score (nSPS) is 19.1. The Morgan fingerprint density at radius 3 is 2.40 bits per heavy atom. The molecule has 30 heavy (non-hydrogen) atoms. The quantitative estimate of drug-likeness (QED) is 0.426. The van der Waals surface area contributed by atoms with Crippen molar-refractivity contribution in [1.82, 2.24) is 0 Å². The Labute approximate surface area is 176 Å². The number of unbranched alkanes of at least 4 members (excludes halogenated alkanes) is 1. The summed E-state index contributed by atoms with van der Waals surface area (Å²) in [5, 5.41) is 0. The molecule has 1 fully saturated rings. The maximum absolute atomic E-state index is 14.8. The van der Waals surface area contributed by atoms with Crippen LogP contribution in [0, 0.1) is 17.5 Å². The molecule has 2 aromatic carbocycles. The van der Waals surface area contributed by atoms with E-state index in [-0.39, 0.29) is 29.1 Å². The van der Waals surface area contributed by atoms with Crippen molar-refractivity contribution in [1.29, 1.82) is 0 Å². The molecular weight excluding hydrogens is 393 g/mol. The maximum atomic E-state index is 14.8. The second-order valence-corrected chi connectivity index (χ2v) is 7.57. The van der Waals surface area contributed by atoms with Crippen LogP contribution < -0.4 is 4.74 Å². The van der Waals surface area contributed by atoms with E-state index < -0.39 is 17.5 Å². The van der Waals surface area contributed by atoms with Gasteiger partial charge in [-0.25, -0.2) is 8.78 Å². The molecule has 1 aliphatic heterocycles. The van der Waals surface area contributed by atoms with Gasteiger partial charge < -0.3 is 14.2 Å². The molecule has 1 heterocycles. The van der Waals surface area contributed by atoms with Gasteiger partial charge in [-0.3, -0.25) is 0 Å². The van der Waals surface area contributed by atoms with Crippen LogP contribution in [-0.2, 0) is 9.47 Å². The van der Waals surface area contributed by atoms with Gasteiger partial charge in [0.25, 0.3) is 0 Å². The molecule has 2 atom stereocenters. The summed E-state index contributed by atoms with van der Waals surface area (Å²) in [6.45, 7) is 5.51. The Morgan fingerprint density at radius 1 is 0.933 bits per heavy atom. The summed E-state index contributed by atoms with van der Waals surface area (Å²) in [7, 11) is 0. The highest BCUT2D eigenvalue weighted by Gasteiger charge is 2.25. The molecule has 0 aromatic heterocycles. The first-order valence-corrected chi connectivity index (χ1v) is 10.7. The molecule has 0 radical (unpaired) electrons. The van der Waals surface area contributed by atoms with Gasteiger partial charge in [0.15, 0.2) is 11.6 Å². The monoisotopic (exact) mass is 422 g/mol. The third-order valence-electron chi connectivity index (χ3n) is 5.25. The summed E-state index contributed by atoms with van der Waals surface area (Å²) < 4.78 is 60.5. The first kappa shape index (κ1) is 22.6. The molecule has 3 nitrogen and oxygen atoms in total. The van der Waals surface area contributed by atoms with E-state index in [0.29, 0.717) is 25.4 Å². The Kier molecular flexibility index (Phi) is 8.16. The lowest BCUT2D eigenvalue weighted by molar-refractivity contribution is -0.0866. The molecule has 0 saturated carbocycles. The van der Waals surface area contributed by atoms with Crippen LogP contribution >= 0.6 is 0 Å². The van der Waals surface area contributed by atoms with Crippen LogP contribution in [0.4, 0.5) is 13.2 Å². The van der Waals surface area contributed by atoms with E-state index in [9.17, 15) is 13.2 Å². The van der Waals surface area contributed by atoms with Crippen molar-refractivity contribution in [2.24, 2.45) is 0 Å². The third-order valence-corrected chi connectivity index (χ3v) is 5.25. The predicted molar refractivity (Wildman–Crippen MR) is 110 cm³/mol. The lowest BCUT2D eigenvalue weighted by Crippen LogP contribution is -2.27. The van der Waals surface area contributed by atoms with Crippen LogP contribution in [0.25, 0.3) is 11.1 Å². The van der Waals surface area contributed by atoms with E-state index in [0.717, 1.165) is 32.1 Å². The van der Waals surface area contributed by atoms with Crippen molar-refractivity contribution in [3.05, 3.63) is 53.3 Å². The fourth-order valence-electron chi connectivity index (χ4n) is 3.53. The lowest BCUT2D eigenvalue weighted by atomic mass is 9.96. The molecule has 1 saturated heterocycles. The lowest BCUT2D eigenvalue weighted by Gasteiger charge is -2.29. The van der Waals surface area contributed by atoms with Crippen molar-refractivity contribution in [3.63, 3.8) is 0 Å². The van der Waals surface area contributed by atoms with E-state index in [4.69, 9.17) is 14.2 Å². The van der Waals surface area contributed by atoms with Crippen LogP contribution in [-0.4, -0.2) is 25.9 Å². The SMILES string of the molecule is CCCCOc1ccc(-c2ccc(C3CCC(OCCC)CO3)cc2F)c(F)c1F. The molecule has 2 aromatic rings. The zero-order valence-electron chi connectivity index (χ0n) is 17.6. The number of halogens is 3. The van der Waals surface area contributed by atoms with Gasteiger partial charge in [-0.2, -0.15) is 4.39 Å². The highest BCUT2D eigenvalue weighted by Crippen LogP contribution is 2.35. The minimum atomic E-state index is -1.11. The fourth-order valence-corrected chi connectivity index (χ4v) is 3.53. The molecule has 0 N–H and O–H groups in total.